The average molecular weight is 331 g/mol. The van der Waals surface area contributed by atoms with Crippen molar-refractivity contribution < 1.29 is 8.42 Å². The SMILES string of the molecule is CCCNCc1sc(S(=O)(=O)NC2CCC(C)C2)cc1C. The van der Waals surface area contributed by atoms with Gasteiger partial charge in [0.1, 0.15) is 4.21 Å². The quantitative estimate of drug-likeness (QED) is 0.756. The van der Waals surface area contributed by atoms with Crippen LogP contribution in [0.2, 0.25) is 0 Å². The van der Waals surface area contributed by atoms with Crippen LogP contribution in [0.3, 0.4) is 0 Å². The van der Waals surface area contributed by atoms with Crippen LogP contribution in [0.4, 0.5) is 0 Å². The standard InChI is InChI=1S/C15H26N2O2S2/c1-4-7-16-10-14-12(3)9-15(20-14)21(18,19)17-13-6-5-11(2)8-13/h9,11,13,16-17H,4-8,10H2,1-3H3. The predicted octanol–water partition coefficient (Wildman–Crippen LogP) is 3.02. The average Bonchev–Trinajstić information content (AvgIpc) is 2.97. The summed E-state index contributed by atoms with van der Waals surface area (Å²) in [4.78, 5) is 1.11. The lowest BCUT2D eigenvalue weighted by atomic mass is 10.1. The van der Waals surface area contributed by atoms with Crippen LogP contribution in [0.25, 0.3) is 0 Å². The van der Waals surface area contributed by atoms with Gasteiger partial charge in [0.2, 0.25) is 10.0 Å². The molecule has 1 fully saturated rings. The third kappa shape index (κ3) is 4.52. The first-order valence-corrected chi connectivity index (χ1v) is 10.0. The zero-order chi connectivity index (χ0) is 15.5. The van der Waals surface area contributed by atoms with Gasteiger partial charge in [0.15, 0.2) is 0 Å². The molecule has 1 heterocycles. The second-order valence-corrected chi connectivity index (χ2v) is 9.16. The molecule has 0 bridgehead atoms. The minimum absolute atomic E-state index is 0.106. The third-order valence-electron chi connectivity index (χ3n) is 3.99. The van der Waals surface area contributed by atoms with E-state index in [-0.39, 0.29) is 6.04 Å². The zero-order valence-corrected chi connectivity index (χ0v) is 14.7. The zero-order valence-electron chi connectivity index (χ0n) is 13.1. The molecule has 1 aliphatic carbocycles. The van der Waals surface area contributed by atoms with Crippen molar-refractivity contribution in [3.63, 3.8) is 0 Å². The van der Waals surface area contributed by atoms with E-state index in [1.54, 1.807) is 6.07 Å². The molecular weight excluding hydrogens is 304 g/mol. The maximum atomic E-state index is 12.5. The Morgan fingerprint density at radius 3 is 2.76 bits per heavy atom. The van der Waals surface area contributed by atoms with E-state index in [0.717, 1.165) is 49.2 Å². The topological polar surface area (TPSA) is 58.2 Å². The summed E-state index contributed by atoms with van der Waals surface area (Å²) in [6.07, 6.45) is 4.10. The Balaban J connectivity index is 2.04. The van der Waals surface area contributed by atoms with Gasteiger partial charge in [-0.2, -0.15) is 0 Å². The van der Waals surface area contributed by atoms with Crippen LogP contribution in [0.1, 0.15) is 50.0 Å². The molecular formula is C15H26N2O2S2. The van der Waals surface area contributed by atoms with Crippen molar-refractivity contribution in [3.05, 3.63) is 16.5 Å². The summed E-state index contributed by atoms with van der Waals surface area (Å²) in [5.41, 5.74) is 1.06. The molecule has 2 atom stereocenters. The molecule has 0 radical (unpaired) electrons. The first kappa shape index (κ1) is 16.9. The van der Waals surface area contributed by atoms with Crippen LogP contribution in [-0.4, -0.2) is 21.0 Å². The van der Waals surface area contributed by atoms with Gasteiger partial charge in [-0.1, -0.05) is 13.8 Å². The van der Waals surface area contributed by atoms with Crippen LogP contribution in [0.5, 0.6) is 0 Å². The Morgan fingerprint density at radius 2 is 2.14 bits per heavy atom. The molecule has 0 spiro atoms. The van der Waals surface area contributed by atoms with E-state index in [2.05, 4.69) is 23.9 Å². The van der Waals surface area contributed by atoms with Crippen LogP contribution < -0.4 is 10.0 Å². The molecule has 0 aromatic carbocycles. The molecule has 1 aliphatic rings. The Bertz CT molecular complexity index is 566. The highest BCUT2D eigenvalue weighted by Crippen LogP contribution is 2.29. The molecule has 1 aromatic rings. The van der Waals surface area contributed by atoms with Gasteiger partial charge >= 0.3 is 0 Å². The highest BCUT2D eigenvalue weighted by Gasteiger charge is 2.27. The first-order chi connectivity index (χ1) is 9.92. The van der Waals surface area contributed by atoms with Crippen LogP contribution >= 0.6 is 11.3 Å². The Morgan fingerprint density at radius 1 is 1.38 bits per heavy atom. The van der Waals surface area contributed by atoms with Crippen molar-refractivity contribution in [1.82, 2.24) is 10.0 Å². The van der Waals surface area contributed by atoms with Gasteiger partial charge in [0.05, 0.1) is 0 Å². The Labute approximate surface area is 132 Å². The van der Waals surface area contributed by atoms with E-state index >= 15 is 0 Å². The van der Waals surface area contributed by atoms with E-state index in [0.29, 0.717) is 10.1 Å². The summed E-state index contributed by atoms with van der Waals surface area (Å²) in [7, 11) is -3.36. The highest BCUT2D eigenvalue weighted by atomic mass is 32.2. The van der Waals surface area contributed by atoms with E-state index < -0.39 is 10.0 Å². The second-order valence-electron chi connectivity index (χ2n) is 6.08. The lowest BCUT2D eigenvalue weighted by molar-refractivity contribution is 0.540. The fraction of sp³-hybridized carbons (Fsp3) is 0.733. The Hall–Kier alpha value is -0.430. The molecule has 1 aromatic heterocycles. The van der Waals surface area contributed by atoms with Crippen molar-refractivity contribution in [3.8, 4) is 0 Å². The summed E-state index contributed by atoms with van der Waals surface area (Å²) in [6.45, 7) is 7.99. The number of sulfonamides is 1. The summed E-state index contributed by atoms with van der Waals surface area (Å²) in [5, 5.41) is 3.33. The van der Waals surface area contributed by atoms with Crippen LogP contribution in [-0.2, 0) is 16.6 Å². The van der Waals surface area contributed by atoms with Gasteiger partial charge in [0.25, 0.3) is 0 Å². The maximum absolute atomic E-state index is 12.5. The van der Waals surface area contributed by atoms with E-state index in [1.165, 1.54) is 11.3 Å². The molecule has 0 saturated heterocycles. The smallest absolute Gasteiger partial charge is 0.250 e. The first-order valence-electron chi connectivity index (χ1n) is 7.74. The van der Waals surface area contributed by atoms with Crippen molar-refractivity contribution in [1.29, 1.82) is 0 Å². The summed E-state index contributed by atoms with van der Waals surface area (Å²) >= 11 is 1.39. The molecule has 2 unspecified atom stereocenters. The largest absolute Gasteiger partial charge is 0.312 e. The molecule has 21 heavy (non-hydrogen) atoms. The lowest BCUT2D eigenvalue weighted by Crippen LogP contribution is -2.32. The van der Waals surface area contributed by atoms with Crippen molar-refractivity contribution >= 4 is 21.4 Å². The summed E-state index contributed by atoms with van der Waals surface area (Å²) in [5.74, 6) is 0.622. The molecule has 2 N–H and O–H groups in total. The molecule has 0 amide bonds. The Kier molecular flexibility index (Phi) is 5.82. The van der Waals surface area contributed by atoms with Crippen LogP contribution in [0.15, 0.2) is 10.3 Å². The molecule has 1 saturated carbocycles. The number of hydrogen-bond acceptors (Lipinski definition) is 4. The van der Waals surface area contributed by atoms with E-state index in [1.807, 2.05) is 6.92 Å². The number of hydrogen-bond donors (Lipinski definition) is 2. The van der Waals surface area contributed by atoms with Gasteiger partial charge in [-0.05, 0) is 56.7 Å². The monoisotopic (exact) mass is 330 g/mol. The molecule has 4 nitrogen and oxygen atoms in total. The summed E-state index contributed by atoms with van der Waals surface area (Å²) < 4.78 is 28.3. The van der Waals surface area contributed by atoms with Crippen molar-refractivity contribution in [2.24, 2.45) is 5.92 Å². The number of thiophene rings is 1. The second kappa shape index (κ2) is 7.22. The van der Waals surface area contributed by atoms with Gasteiger partial charge < -0.3 is 5.32 Å². The lowest BCUT2D eigenvalue weighted by Gasteiger charge is -2.11. The van der Waals surface area contributed by atoms with Crippen LogP contribution in [0, 0.1) is 12.8 Å². The minimum atomic E-state index is -3.36. The van der Waals surface area contributed by atoms with Gasteiger partial charge in [-0.15, -0.1) is 11.3 Å². The molecule has 6 heteroatoms. The maximum Gasteiger partial charge on any atom is 0.250 e. The van der Waals surface area contributed by atoms with Gasteiger partial charge in [-0.25, -0.2) is 13.1 Å². The van der Waals surface area contributed by atoms with E-state index in [9.17, 15) is 8.42 Å². The number of nitrogens with one attached hydrogen (secondary N) is 2. The fourth-order valence-electron chi connectivity index (χ4n) is 2.77. The number of rotatable bonds is 7. The highest BCUT2D eigenvalue weighted by molar-refractivity contribution is 7.91. The minimum Gasteiger partial charge on any atom is -0.312 e. The molecule has 2 rings (SSSR count). The van der Waals surface area contributed by atoms with E-state index in [4.69, 9.17) is 0 Å². The fourth-order valence-corrected chi connectivity index (χ4v) is 5.63. The van der Waals surface area contributed by atoms with Crippen molar-refractivity contribution in [2.45, 2.75) is 63.3 Å². The third-order valence-corrected chi connectivity index (χ3v) is 7.22. The molecule has 0 aliphatic heterocycles. The summed E-state index contributed by atoms with van der Waals surface area (Å²) in [6, 6.07) is 1.91. The van der Waals surface area contributed by atoms with Gasteiger partial charge in [-0.3, -0.25) is 0 Å². The van der Waals surface area contributed by atoms with Crippen molar-refractivity contribution in [2.75, 3.05) is 6.54 Å². The van der Waals surface area contributed by atoms with Gasteiger partial charge in [0, 0.05) is 17.5 Å². The predicted molar refractivity (Wildman–Crippen MR) is 88.2 cm³/mol. The molecule has 120 valence electrons. The normalized spacial score (nSPS) is 22.8. The number of aryl methyl sites for hydroxylation is 1.